The van der Waals surface area contributed by atoms with Crippen LogP contribution in [0.25, 0.3) is 27.9 Å². The summed E-state index contributed by atoms with van der Waals surface area (Å²) in [5, 5.41) is 8.69. The van der Waals surface area contributed by atoms with Crippen LogP contribution in [-0.4, -0.2) is 28.9 Å². The Morgan fingerprint density at radius 2 is 1.57 bits per heavy atom. The van der Waals surface area contributed by atoms with Gasteiger partial charge in [-0.2, -0.15) is 0 Å². The fourth-order valence-electron chi connectivity index (χ4n) is 3.80. The second-order valence-corrected chi connectivity index (χ2v) is 9.83. The molecule has 0 bridgehead atoms. The van der Waals surface area contributed by atoms with Crippen molar-refractivity contribution in [2.75, 3.05) is 5.73 Å². The molecule has 0 saturated heterocycles. The van der Waals surface area contributed by atoms with Crippen molar-refractivity contribution < 1.29 is 13.2 Å². The molecule has 0 saturated carbocycles. The van der Waals surface area contributed by atoms with E-state index in [1.54, 1.807) is 41.0 Å². The van der Waals surface area contributed by atoms with Crippen molar-refractivity contribution in [3.63, 3.8) is 0 Å². The Bertz CT molecular complexity index is 1700. The van der Waals surface area contributed by atoms with Crippen LogP contribution >= 0.6 is 11.6 Å². The van der Waals surface area contributed by atoms with Gasteiger partial charge in [0.2, 0.25) is 10.0 Å². The molecule has 0 fully saturated rings. The monoisotopic (exact) mass is 506 g/mol. The molecule has 0 spiro atoms. The maximum absolute atomic E-state index is 13.3. The van der Waals surface area contributed by atoms with E-state index in [-0.39, 0.29) is 22.8 Å². The number of nitrogen functional groups attached to an aromatic ring is 1. The summed E-state index contributed by atoms with van der Waals surface area (Å²) in [6.45, 7) is 0.256. The summed E-state index contributed by atoms with van der Waals surface area (Å²) in [6, 6.07) is 20.2. The predicted molar refractivity (Wildman–Crippen MR) is 135 cm³/mol. The molecule has 0 atom stereocenters. The molecule has 0 unspecified atom stereocenters. The van der Waals surface area contributed by atoms with Gasteiger partial charge in [-0.15, -0.1) is 0 Å². The first-order chi connectivity index (χ1) is 16.7. The molecule has 5 aromatic rings. The highest BCUT2D eigenvalue weighted by atomic mass is 35.5. The van der Waals surface area contributed by atoms with Gasteiger partial charge >= 0.3 is 0 Å². The Morgan fingerprint density at radius 3 is 2.20 bits per heavy atom. The Morgan fingerprint density at radius 1 is 0.943 bits per heavy atom. The maximum atomic E-state index is 13.3. The molecule has 0 aliphatic carbocycles. The van der Waals surface area contributed by atoms with Gasteiger partial charge in [0.1, 0.15) is 16.9 Å². The lowest BCUT2D eigenvalue weighted by molar-refractivity contribution is 0.0953. The number of nitrogens with one attached hydrogen (secondary N) is 1. The van der Waals surface area contributed by atoms with Gasteiger partial charge in [0, 0.05) is 17.3 Å². The summed E-state index contributed by atoms with van der Waals surface area (Å²) >= 11 is 5.94. The Hall–Kier alpha value is -3.99. The van der Waals surface area contributed by atoms with Crippen LogP contribution in [0.1, 0.15) is 15.9 Å². The van der Waals surface area contributed by atoms with Crippen LogP contribution < -0.4 is 16.2 Å². The second kappa shape index (κ2) is 8.66. The average molecular weight is 507 g/mol. The van der Waals surface area contributed by atoms with Gasteiger partial charge in [-0.25, -0.2) is 23.5 Å². The molecule has 3 aromatic carbocycles. The largest absolute Gasteiger partial charge is 0.384 e. The summed E-state index contributed by atoms with van der Waals surface area (Å²) in [6.07, 6.45) is 0. The Balaban J connectivity index is 1.64. The fraction of sp³-hybridized carbons (Fsp3) is 0.0417. The number of halogens is 1. The molecule has 5 N–H and O–H groups in total. The van der Waals surface area contributed by atoms with Crippen molar-refractivity contribution in [3.05, 3.63) is 88.9 Å². The number of benzene rings is 3. The van der Waals surface area contributed by atoms with E-state index < -0.39 is 15.9 Å². The van der Waals surface area contributed by atoms with E-state index in [9.17, 15) is 13.2 Å². The van der Waals surface area contributed by atoms with E-state index >= 15 is 0 Å². The SMILES string of the molecule is Nc1c(C(=O)NCc2ccc(Cl)cc2)c2nc3ccccc3nc2n1-c1ccc(S(N)(=O)=O)cc1. The lowest BCUT2D eigenvalue weighted by Gasteiger charge is -2.09. The van der Waals surface area contributed by atoms with E-state index in [1.165, 1.54) is 12.1 Å². The molecule has 0 aliphatic rings. The number of amides is 1. The van der Waals surface area contributed by atoms with Gasteiger partial charge in [-0.05, 0) is 54.1 Å². The molecule has 11 heteroatoms. The lowest BCUT2D eigenvalue weighted by atomic mass is 10.2. The molecule has 0 radical (unpaired) electrons. The minimum Gasteiger partial charge on any atom is -0.384 e. The zero-order valence-corrected chi connectivity index (χ0v) is 19.7. The Kier molecular flexibility index (Phi) is 5.64. The number of nitrogens with two attached hydrogens (primary N) is 2. The zero-order chi connectivity index (χ0) is 24.7. The number of primary sulfonamides is 1. The standard InChI is InChI=1S/C24H19ClN6O3S/c25-15-7-5-14(6-8-15)13-28-24(32)20-21-23(30-19-4-2-1-3-18(19)29-21)31(22(20)26)16-9-11-17(12-10-16)35(27,33)34/h1-12H,13,26H2,(H,28,32)(H2,27,33,34). The molecule has 0 aliphatic heterocycles. The van der Waals surface area contributed by atoms with Gasteiger partial charge in [0.25, 0.3) is 5.91 Å². The number of rotatable bonds is 5. The minimum absolute atomic E-state index is 0.0475. The molecule has 35 heavy (non-hydrogen) atoms. The molecule has 2 heterocycles. The van der Waals surface area contributed by atoms with E-state index in [4.69, 9.17) is 27.5 Å². The van der Waals surface area contributed by atoms with Crippen molar-refractivity contribution in [2.45, 2.75) is 11.4 Å². The van der Waals surface area contributed by atoms with Crippen LogP contribution in [0.5, 0.6) is 0 Å². The number of fused-ring (bicyclic) bond motifs is 2. The molecule has 2 aromatic heterocycles. The number of nitrogens with zero attached hydrogens (tertiary/aromatic N) is 3. The fourth-order valence-corrected chi connectivity index (χ4v) is 4.45. The van der Waals surface area contributed by atoms with Gasteiger partial charge in [-0.1, -0.05) is 35.9 Å². The first-order valence-corrected chi connectivity index (χ1v) is 12.4. The molecule has 176 valence electrons. The van der Waals surface area contributed by atoms with Crippen LogP contribution in [0.15, 0.2) is 77.7 Å². The van der Waals surface area contributed by atoms with Gasteiger partial charge < -0.3 is 11.1 Å². The van der Waals surface area contributed by atoms with Crippen molar-refractivity contribution in [1.82, 2.24) is 19.9 Å². The highest BCUT2D eigenvalue weighted by Crippen LogP contribution is 2.31. The van der Waals surface area contributed by atoms with Gasteiger partial charge in [0.15, 0.2) is 5.65 Å². The first kappa shape index (κ1) is 22.8. The highest BCUT2D eigenvalue weighted by molar-refractivity contribution is 7.89. The second-order valence-electron chi connectivity index (χ2n) is 7.83. The number of carbonyl (C=O) groups excluding carboxylic acids is 1. The number of anilines is 1. The third kappa shape index (κ3) is 4.30. The van der Waals surface area contributed by atoms with Crippen LogP contribution in [0.2, 0.25) is 5.02 Å². The van der Waals surface area contributed by atoms with Crippen molar-refractivity contribution in [3.8, 4) is 5.69 Å². The summed E-state index contributed by atoms with van der Waals surface area (Å²) < 4.78 is 24.9. The number of sulfonamides is 1. The molecule has 9 nitrogen and oxygen atoms in total. The smallest absolute Gasteiger partial charge is 0.257 e. The quantitative estimate of drug-likeness (QED) is 0.333. The lowest BCUT2D eigenvalue weighted by Crippen LogP contribution is -2.24. The summed E-state index contributed by atoms with van der Waals surface area (Å²) in [5.74, 6) is -0.306. The van der Waals surface area contributed by atoms with Crippen LogP contribution in [0, 0.1) is 0 Å². The molecular weight excluding hydrogens is 488 g/mol. The van der Waals surface area contributed by atoms with Gasteiger partial charge in [-0.3, -0.25) is 9.36 Å². The number of aromatic nitrogens is 3. The van der Waals surface area contributed by atoms with E-state index in [0.29, 0.717) is 32.9 Å². The number of hydrogen-bond acceptors (Lipinski definition) is 6. The molecule has 5 rings (SSSR count). The molecule has 1 amide bonds. The van der Waals surface area contributed by atoms with E-state index in [1.807, 2.05) is 24.3 Å². The average Bonchev–Trinajstić information content (AvgIpc) is 3.12. The topological polar surface area (TPSA) is 146 Å². The maximum Gasteiger partial charge on any atom is 0.257 e. The minimum atomic E-state index is -3.87. The van der Waals surface area contributed by atoms with Crippen LogP contribution in [-0.2, 0) is 16.6 Å². The van der Waals surface area contributed by atoms with Crippen molar-refractivity contribution in [2.24, 2.45) is 5.14 Å². The van der Waals surface area contributed by atoms with Crippen molar-refractivity contribution >= 4 is 55.5 Å². The summed E-state index contributed by atoms with van der Waals surface area (Å²) in [5.41, 5.74) is 9.93. The summed E-state index contributed by atoms with van der Waals surface area (Å²) in [4.78, 5) is 22.6. The van der Waals surface area contributed by atoms with Crippen molar-refractivity contribution in [1.29, 1.82) is 0 Å². The zero-order valence-electron chi connectivity index (χ0n) is 18.1. The summed E-state index contributed by atoms with van der Waals surface area (Å²) in [7, 11) is -3.87. The van der Waals surface area contributed by atoms with E-state index in [0.717, 1.165) is 5.56 Å². The third-order valence-electron chi connectivity index (χ3n) is 5.51. The highest BCUT2D eigenvalue weighted by Gasteiger charge is 2.25. The van der Waals surface area contributed by atoms with E-state index in [2.05, 4.69) is 10.3 Å². The number of para-hydroxylation sites is 2. The van der Waals surface area contributed by atoms with Gasteiger partial charge in [0.05, 0.1) is 15.9 Å². The van der Waals surface area contributed by atoms with Crippen LogP contribution in [0.4, 0.5) is 5.82 Å². The Labute approximate surface area is 205 Å². The van der Waals surface area contributed by atoms with Crippen LogP contribution in [0.3, 0.4) is 0 Å². The molecular formula is C24H19ClN6O3S. The predicted octanol–water partition coefficient (Wildman–Crippen LogP) is 3.39. The normalized spacial score (nSPS) is 11.7. The number of hydrogen-bond donors (Lipinski definition) is 3. The third-order valence-corrected chi connectivity index (χ3v) is 6.70. The number of carbonyl (C=O) groups is 1. The first-order valence-electron chi connectivity index (χ1n) is 10.4.